The van der Waals surface area contributed by atoms with Crippen LogP contribution in [0.4, 0.5) is 10.5 Å². The number of Topliss-reactive ketones (excluding diaryl/α,β-unsaturated/α-hetero) is 1. The molecule has 1 aliphatic carbocycles. The molecule has 0 fully saturated rings. The third-order valence-corrected chi connectivity index (χ3v) is 6.40. The second-order valence-corrected chi connectivity index (χ2v) is 8.11. The molecule has 0 aliphatic heterocycles. The third-order valence-electron chi connectivity index (χ3n) is 5.05. The molecule has 144 valence electrons. The van der Waals surface area contributed by atoms with Gasteiger partial charge in [0.25, 0.3) is 0 Å². The van der Waals surface area contributed by atoms with Gasteiger partial charge in [0, 0.05) is 40.6 Å². The Bertz CT molecular complexity index is 1000. The molecule has 0 spiro atoms. The van der Waals surface area contributed by atoms with Crippen LogP contribution in [-0.2, 0) is 19.4 Å². The molecule has 1 aliphatic rings. The molecule has 0 radical (unpaired) electrons. The molecule has 6 heteroatoms. The minimum Gasteiger partial charge on any atom is -0.334 e. The molecule has 4 rings (SSSR count). The number of nitrogens with zero attached hydrogens (tertiary/aromatic N) is 1. The molecule has 3 aromatic rings. The summed E-state index contributed by atoms with van der Waals surface area (Å²) in [5, 5.41) is 7.01. The van der Waals surface area contributed by atoms with E-state index in [4.69, 9.17) is 0 Å². The molecule has 1 aromatic carbocycles. The SMILES string of the molecule is CC(=O)c1cccc(NC(=O)NCc2c(-n3cccc3)sc3c2CCCC3)c1. The van der Waals surface area contributed by atoms with Crippen molar-refractivity contribution in [2.24, 2.45) is 0 Å². The molecule has 0 unspecified atom stereocenters. The number of carbonyl (C=O) groups is 2. The molecule has 0 bridgehead atoms. The lowest BCUT2D eigenvalue weighted by Gasteiger charge is -2.14. The number of anilines is 1. The Morgan fingerprint density at radius 1 is 1.11 bits per heavy atom. The lowest BCUT2D eigenvalue weighted by Crippen LogP contribution is -2.29. The lowest BCUT2D eigenvalue weighted by molar-refractivity contribution is 0.101. The van der Waals surface area contributed by atoms with E-state index >= 15 is 0 Å². The van der Waals surface area contributed by atoms with Crippen LogP contribution in [0.5, 0.6) is 0 Å². The largest absolute Gasteiger partial charge is 0.334 e. The summed E-state index contributed by atoms with van der Waals surface area (Å²) < 4.78 is 2.13. The second-order valence-electron chi connectivity index (χ2n) is 7.03. The summed E-state index contributed by atoms with van der Waals surface area (Å²) in [6.45, 7) is 2.00. The first-order valence-electron chi connectivity index (χ1n) is 9.54. The first kappa shape index (κ1) is 18.5. The van der Waals surface area contributed by atoms with Crippen molar-refractivity contribution in [1.82, 2.24) is 9.88 Å². The molecule has 2 N–H and O–H groups in total. The number of carbonyl (C=O) groups excluding carboxylic acids is 2. The van der Waals surface area contributed by atoms with E-state index in [1.165, 1.54) is 40.8 Å². The van der Waals surface area contributed by atoms with Gasteiger partial charge in [0.05, 0.1) is 0 Å². The fourth-order valence-corrected chi connectivity index (χ4v) is 5.01. The smallest absolute Gasteiger partial charge is 0.319 e. The highest BCUT2D eigenvalue weighted by Gasteiger charge is 2.21. The number of hydrogen-bond donors (Lipinski definition) is 2. The van der Waals surface area contributed by atoms with Gasteiger partial charge in [-0.2, -0.15) is 0 Å². The van der Waals surface area contributed by atoms with E-state index in [1.807, 2.05) is 35.9 Å². The molecule has 2 heterocycles. The molecule has 0 saturated heterocycles. The van der Waals surface area contributed by atoms with Crippen LogP contribution in [0, 0.1) is 0 Å². The van der Waals surface area contributed by atoms with Crippen LogP contribution in [-0.4, -0.2) is 16.4 Å². The van der Waals surface area contributed by atoms with E-state index in [-0.39, 0.29) is 11.8 Å². The molecule has 2 aromatic heterocycles. The zero-order chi connectivity index (χ0) is 19.5. The number of urea groups is 1. The van der Waals surface area contributed by atoms with Crippen molar-refractivity contribution in [2.75, 3.05) is 5.32 Å². The van der Waals surface area contributed by atoms with Crippen molar-refractivity contribution in [2.45, 2.75) is 39.2 Å². The maximum absolute atomic E-state index is 12.4. The number of fused-ring (bicyclic) bond motifs is 1. The second kappa shape index (κ2) is 8.02. The zero-order valence-corrected chi connectivity index (χ0v) is 16.6. The minimum absolute atomic E-state index is 0.0228. The molecule has 0 atom stereocenters. The quantitative estimate of drug-likeness (QED) is 0.603. The summed E-state index contributed by atoms with van der Waals surface area (Å²) in [7, 11) is 0. The Balaban J connectivity index is 1.50. The summed E-state index contributed by atoms with van der Waals surface area (Å²) in [5.41, 5.74) is 3.81. The highest BCUT2D eigenvalue weighted by Crippen LogP contribution is 2.36. The Labute approximate surface area is 168 Å². The van der Waals surface area contributed by atoms with Crippen LogP contribution in [0.3, 0.4) is 0 Å². The Kier molecular flexibility index (Phi) is 5.30. The van der Waals surface area contributed by atoms with Gasteiger partial charge in [-0.1, -0.05) is 12.1 Å². The number of aryl methyl sites for hydroxylation is 1. The normalized spacial score (nSPS) is 13.0. The fraction of sp³-hybridized carbons (Fsp3) is 0.273. The summed E-state index contributed by atoms with van der Waals surface area (Å²) in [4.78, 5) is 25.4. The van der Waals surface area contributed by atoms with E-state index in [2.05, 4.69) is 15.2 Å². The topological polar surface area (TPSA) is 63.1 Å². The number of thiophene rings is 1. The zero-order valence-electron chi connectivity index (χ0n) is 15.8. The van der Waals surface area contributed by atoms with Crippen LogP contribution in [0.1, 0.15) is 46.1 Å². The van der Waals surface area contributed by atoms with E-state index in [0.29, 0.717) is 17.8 Å². The fourth-order valence-electron chi connectivity index (χ4n) is 3.64. The van der Waals surface area contributed by atoms with Gasteiger partial charge in [-0.05, 0) is 62.4 Å². The molecule has 2 amide bonds. The van der Waals surface area contributed by atoms with Crippen molar-refractivity contribution in [1.29, 1.82) is 0 Å². The van der Waals surface area contributed by atoms with Crippen molar-refractivity contribution >= 4 is 28.8 Å². The average molecular weight is 394 g/mol. The van der Waals surface area contributed by atoms with Crippen molar-refractivity contribution in [3.05, 3.63) is 70.4 Å². The van der Waals surface area contributed by atoms with Crippen LogP contribution in [0.25, 0.3) is 5.00 Å². The first-order chi connectivity index (χ1) is 13.6. The standard InChI is InChI=1S/C22H23N3O2S/c1-15(26)16-7-6-8-17(13-16)24-22(27)23-14-19-18-9-2-3-10-20(18)28-21(19)25-11-4-5-12-25/h4-8,11-13H,2-3,9-10,14H2,1H3,(H2,23,24,27). The van der Waals surface area contributed by atoms with Crippen molar-refractivity contribution < 1.29 is 9.59 Å². The number of nitrogens with one attached hydrogen (secondary N) is 2. The number of ketones is 1. The van der Waals surface area contributed by atoms with E-state index in [1.54, 1.807) is 24.3 Å². The van der Waals surface area contributed by atoms with Gasteiger partial charge in [0.15, 0.2) is 5.78 Å². The monoisotopic (exact) mass is 393 g/mol. The van der Waals surface area contributed by atoms with Gasteiger partial charge in [0.1, 0.15) is 5.00 Å². The van der Waals surface area contributed by atoms with Gasteiger partial charge in [-0.15, -0.1) is 11.3 Å². The van der Waals surface area contributed by atoms with Gasteiger partial charge in [-0.25, -0.2) is 4.79 Å². The summed E-state index contributed by atoms with van der Waals surface area (Å²) >= 11 is 1.83. The number of hydrogen-bond acceptors (Lipinski definition) is 3. The molecular weight excluding hydrogens is 370 g/mol. The Morgan fingerprint density at radius 2 is 1.89 bits per heavy atom. The number of aromatic nitrogens is 1. The molecular formula is C22H23N3O2S. The summed E-state index contributed by atoms with van der Waals surface area (Å²) in [5.74, 6) is -0.0228. The maximum Gasteiger partial charge on any atom is 0.319 e. The first-order valence-corrected chi connectivity index (χ1v) is 10.4. The highest BCUT2D eigenvalue weighted by atomic mass is 32.1. The third kappa shape index (κ3) is 3.87. The van der Waals surface area contributed by atoms with E-state index in [0.717, 1.165) is 12.8 Å². The van der Waals surface area contributed by atoms with Crippen LogP contribution in [0.2, 0.25) is 0 Å². The average Bonchev–Trinajstić information content (AvgIpc) is 3.34. The van der Waals surface area contributed by atoms with Gasteiger partial charge in [0.2, 0.25) is 0 Å². The number of benzene rings is 1. The van der Waals surface area contributed by atoms with Crippen LogP contribution >= 0.6 is 11.3 Å². The maximum atomic E-state index is 12.4. The predicted octanol–water partition coefficient (Wildman–Crippen LogP) is 4.94. The lowest BCUT2D eigenvalue weighted by atomic mass is 9.95. The van der Waals surface area contributed by atoms with E-state index in [9.17, 15) is 9.59 Å². The highest BCUT2D eigenvalue weighted by molar-refractivity contribution is 7.14. The van der Waals surface area contributed by atoms with Gasteiger partial charge >= 0.3 is 6.03 Å². The Morgan fingerprint density at radius 3 is 2.68 bits per heavy atom. The van der Waals surface area contributed by atoms with Crippen molar-refractivity contribution in [3.8, 4) is 5.00 Å². The van der Waals surface area contributed by atoms with Crippen LogP contribution < -0.4 is 10.6 Å². The molecule has 28 heavy (non-hydrogen) atoms. The molecule has 5 nitrogen and oxygen atoms in total. The summed E-state index contributed by atoms with van der Waals surface area (Å²) in [6, 6.07) is 10.8. The van der Waals surface area contributed by atoms with Gasteiger partial charge in [-0.3, -0.25) is 4.79 Å². The van der Waals surface area contributed by atoms with Crippen molar-refractivity contribution in [3.63, 3.8) is 0 Å². The van der Waals surface area contributed by atoms with Crippen LogP contribution in [0.15, 0.2) is 48.8 Å². The Hall–Kier alpha value is -2.86. The summed E-state index contributed by atoms with van der Waals surface area (Å²) in [6.07, 6.45) is 8.73. The number of rotatable bonds is 5. The van der Waals surface area contributed by atoms with Gasteiger partial charge < -0.3 is 15.2 Å². The molecule has 0 saturated carbocycles. The minimum atomic E-state index is -0.269. The number of amides is 2. The van der Waals surface area contributed by atoms with E-state index < -0.39 is 0 Å². The predicted molar refractivity (Wildman–Crippen MR) is 113 cm³/mol.